The minimum absolute atomic E-state index is 0.171. The molecule has 20 heteroatoms. The van der Waals surface area contributed by atoms with Crippen LogP contribution in [0, 0.1) is 23.7 Å². The monoisotopic (exact) mass is 902 g/mol. The first kappa shape index (κ1) is 47.7. The van der Waals surface area contributed by atoms with Gasteiger partial charge in [-0.15, -0.1) is 13.2 Å². The van der Waals surface area contributed by atoms with Gasteiger partial charge in [0.05, 0.1) is 57.1 Å². The zero-order valence-electron chi connectivity index (χ0n) is 35.4. The number of hydrogen-bond acceptors (Lipinski definition) is 19. The number of aromatic nitrogens is 1. The second-order valence-corrected chi connectivity index (χ2v) is 16.5. The number of para-hydroxylation sites is 1. The van der Waals surface area contributed by atoms with E-state index in [9.17, 15) is 50.4 Å². The van der Waals surface area contributed by atoms with Crippen LogP contribution in [0.15, 0.2) is 73.2 Å². The van der Waals surface area contributed by atoms with Crippen LogP contribution in [-0.4, -0.2) is 177 Å². The van der Waals surface area contributed by atoms with Crippen molar-refractivity contribution >= 4 is 22.8 Å². The fraction of sp³-hybridized carbons (Fsp3) is 0.591. The average molecular weight is 903 g/mol. The lowest BCUT2D eigenvalue weighted by Crippen LogP contribution is -2.60. The highest BCUT2D eigenvalue weighted by Gasteiger charge is 2.50. The van der Waals surface area contributed by atoms with Gasteiger partial charge in [0.2, 0.25) is 12.6 Å². The van der Waals surface area contributed by atoms with Crippen molar-refractivity contribution in [1.29, 1.82) is 0 Å². The molecule has 0 radical (unpaired) electrons. The standard InChI is InChI=1S/C44H58N2O18/c1-5-20-22(26(39(55)57-3)18-59-41(20)63-43-37(53)35(51)33(49)30(16-47)61-43)11-13-46-14-12-24-23-9-7-8-10-28(23)45-32(24)29(46)15-25-21(6-2)42(60-19-27(25)40(56)58-4)64-44-38(54)36(52)34(50)31(17-48)62-44/h5-10,18-22,25,29-31,33-38,41-45,47-54H,1-2,11-17H2,3-4H3. The normalized spacial score (nSPS) is 37.9. The summed E-state index contributed by atoms with van der Waals surface area (Å²) in [6.07, 6.45) is -11.4. The molecule has 7 rings (SSSR count). The second-order valence-electron chi connectivity index (χ2n) is 16.5. The molecule has 5 aliphatic rings. The molecule has 0 bridgehead atoms. The number of rotatable bonds is 15. The summed E-state index contributed by atoms with van der Waals surface area (Å²) in [6.45, 7) is 7.58. The van der Waals surface area contributed by atoms with Crippen molar-refractivity contribution in [3.8, 4) is 0 Å². The Morgan fingerprint density at radius 3 is 1.78 bits per heavy atom. The van der Waals surface area contributed by atoms with E-state index in [1.807, 2.05) is 24.3 Å². The van der Waals surface area contributed by atoms with E-state index in [4.69, 9.17) is 37.9 Å². The third-order valence-corrected chi connectivity index (χ3v) is 13.1. The van der Waals surface area contributed by atoms with Crippen LogP contribution in [0.3, 0.4) is 0 Å². The lowest BCUT2D eigenvalue weighted by molar-refractivity contribution is -0.339. The lowest BCUT2D eigenvalue weighted by atomic mass is 9.77. The number of methoxy groups -OCH3 is 2. The van der Waals surface area contributed by atoms with Crippen LogP contribution in [-0.2, 0) is 53.9 Å². The first-order valence-electron chi connectivity index (χ1n) is 21.2. The molecule has 2 aromatic rings. The van der Waals surface area contributed by atoms with Crippen molar-refractivity contribution < 1.29 is 88.3 Å². The molecule has 5 aliphatic heterocycles. The van der Waals surface area contributed by atoms with Crippen LogP contribution in [0.5, 0.6) is 0 Å². The van der Waals surface area contributed by atoms with Gasteiger partial charge in [0.15, 0.2) is 12.6 Å². The van der Waals surface area contributed by atoms with Crippen LogP contribution in [0.1, 0.15) is 30.1 Å². The van der Waals surface area contributed by atoms with E-state index >= 15 is 0 Å². The molecule has 0 spiro atoms. The van der Waals surface area contributed by atoms with Crippen molar-refractivity contribution in [1.82, 2.24) is 9.88 Å². The molecule has 2 saturated heterocycles. The zero-order valence-corrected chi connectivity index (χ0v) is 35.4. The van der Waals surface area contributed by atoms with Crippen molar-refractivity contribution in [2.45, 2.75) is 99.3 Å². The number of carbonyl (C=O) groups is 2. The molecule has 20 nitrogen and oxygen atoms in total. The third-order valence-electron chi connectivity index (χ3n) is 13.1. The molecule has 64 heavy (non-hydrogen) atoms. The SMILES string of the molecule is C=CC1C(OC2OC(CO)C(O)C(O)C2O)OC=C(C(=O)OC)C1CCN1CCc2c([nH]c3ccccc23)C1CC1C(C(=O)OC)=COC(OC2OC(CO)C(O)C(O)C2O)C1C=C. The van der Waals surface area contributed by atoms with Gasteiger partial charge < -0.3 is 83.7 Å². The fourth-order valence-electron chi connectivity index (χ4n) is 9.57. The summed E-state index contributed by atoms with van der Waals surface area (Å²) in [4.78, 5) is 32.6. The van der Waals surface area contributed by atoms with Gasteiger partial charge in [0.1, 0.15) is 48.8 Å². The lowest BCUT2D eigenvalue weighted by Gasteiger charge is -2.45. The van der Waals surface area contributed by atoms with Crippen LogP contribution >= 0.6 is 0 Å². The average Bonchev–Trinajstić information content (AvgIpc) is 3.70. The maximum Gasteiger partial charge on any atom is 0.337 e. The molecule has 1 aromatic heterocycles. The van der Waals surface area contributed by atoms with Crippen LogP contribution < -0.4 is 0 Å². The second kappa shape index (κ2) is 20.5. The van der Waals surface area contributed by atoms with Crippen LogP contribution in [0.2, 0.25) is 0 Å². The van der Waals surface area contributed by atoms with E-state index in [-0.39, 0.29) is 17.6 Å². The predicted molar refractivity (Wildman–Crippen MR) is 220 cm³/mol. The Morgan fingerprint density at radius 1 is 0.750 bits per heavy atom. The molecule has 17 unspecified atom stereocenters. The number of aliphatic hydroxyl groups excluding tert-OH is 8. The van der Waals surface area contributed by atoms with Gasteiger partial charge in [-0.25, -0.2) is 9.59 Å². The van der Waals surface area contributed by atoms with E-state index in [0.29, 0.717) is 25.9 Å². The summed E-state index contributed by atoms with van der Waals surface area (Å²) in [5.41, 5.74) is 3.22. The van der Waals surface area contributed by atoms with E-state index in [0.717, 1.165) is 22.2 Å². The van der Waals surface area contributed by atoms with Gasteiger partial charge in [-0.05, 0) is 37.4 Å². The minimum atomic E-state index is -1.73. The molecule has 0 aliphatic carbocycles. The number of esters is 2. The summed E-state index contributed by atoms with van der Waals surface area (Å²) >= 11 is 0. The molecule has 352 valence electrons. The summed E-state index contributed by atoms with van der Waals surface area (Å²) in [7, 11) is 2.48. The minimum Gasteiger partial charge on any atom is -0.471 e. The molecule has 9 N–H and O–H groups in total. The number of nitrogens with one attached hydrogen (secondary N) is 1. The van der Waals surface area contributed by atoms with Crippen LogP contribution in [0.4, 0.5) is 0 Å². The third kappa shape index (κ3) is 9.12. The summed E-state index contributed by atoms with van der Waals surface area (Å²) < 4.78 is 45.5. The molecule has 0 saturated carbocycles. The fourth-order valence-corrected chi connectivity index (χ4v) is 9.57. The Bertz CT molecular complexity index is 2040. The van der Waals surface area contributed by atoms with Crippen molar-refractivity contribution in [3.63, 3.8) is 0 Å². The number of carbonyl (C=O) groups excluding carboxylic acids is 2. The Kier molecular flexibility index (Phi) is 15.3. The van der Waals surface area contributed by atoms with Gasteiger partial charge in [-0.3, -0.25) is 4.90 Å². The molecule has 6 heterocycles. The van der Waals surface area contributed by atoms with Crippen molar-refractivity contribution in [2.24, 2.45) is 23.7 Å². The first-order chi connectivity index (χ1) is 30.8. The number of H-pyrrole nitrogens is 1. The molecule has 17 atom stereocenters. The topological polar surface area (TPSA) is 289 Å². The van der Waals surface area contributed by atoms with E-state index in [2.05, 4.69) is 23.0 Å². The first-order valence-corrected chi connectivity index (χ1v) is 21.2. The maximum atomic E-state index is 13.5. The van der Waals surface area contributed by atoms with Gasteiger partial charge in [-0.2, -0.15) is 0 Å². The van der Waals surface area contributed by atoms with Gasteiger partial charge >= 0.3 is 11.9 Å². The highest BCUT2D eigenvalue weighted by Crippen LogP contribution is 2.46. The van der Waals surface area contributed by atoms with Crippen LogP contribution in [0.25, 0.3) is 10.9 Å². The smallest absolute Gasteiger partial charge is 0.337 e. The number of fused-ring (bicyclic) bond motifs is 3. The Balaban J connectivity index is 1.19. The van der Waals surface area contributed by atoms with E-state index < -0.39 is 129 Å². The quantitative estimate of drug-likeness (QED) is 0.0777. The number of aliphatic hydroxyl groups is 8. The number of aromatic amines is 1. The van der Waals surface area contributed by atoms with Gasteiger partial charge in [0, 0.05) is 46.8 Å². The molecular formula is C44H58N2O18. The Labute approximate surface area is 368 Å². The Morgan fingerprint density at radius 2 is 1.27 bits per heavy atom. The number of hydrogen-bond donors (Lipinski definition) is 9. The number of ether oxygens (including phenoxy) is 8. The predicted octanol–water partition coefficient (Wildman–Crippen LogP) is -0.856. The summed E-state index contributed by atoms with van der Waals surface area (Å²) in [5.74, 6) is -4.23. The van der Waals surface area contributed by atoms with E-state index in [1.54, 1.807) is 12.2 Å². The highest BCUT2D eigenvalue weighted by molar-refractivity contribution is 5.89. The molecule has 1 aromatic carbocycles. The molecule has 2 fully saturated rings. The highest BCUT2D eigenvalue weighted by atomic mass is 16.8. The summed E-state index contributed by atoms with van der Waals surface area (Å²) in [6, 6.07) is 7.44. The van der Waals surface area contributed by atoms with Gasteiger partial charge in [0.25, 0.3) is 0 Å². The van der Waals surface area contributed by atoms with E-state index in [1.165, 1.54) is 26.7 Å². The Hall–Kier alpha value is -4.26. The largest absolute Gasteiger partial charge is 0.471 e. The summed E-state index contributed by atoms with van der Waals surface area (Å²) in [5, 5.41) is 83.8. The van der Waals surface area contributed by atoms with Crippen molar-refractivity contribution in [3.05, 3.63) is 84.5 Å². The molecule has 0 amide bonds. The molecular weight excluding hydrogens is 844 g/mol. The number of benzene rings is 1. The van der Waals surface area contributed by atoms with Gasteiger partial charge in [-0.1, -0.05) is 30.4 Å². The number of nitrogens with zero attached hydrogens (tertiary/aromatic N) is 1. The maximum absolute atomic E-state index is 13.5. The zero-order chi connectivity index (χ0) is 46.0. The van der Waals surface area contributed by atoms with Crippen molar-refractivity contribution in [2.75, 3.05) is 40.5 Å².